The summed E-state index contributed by atoms with van der Waals surface area (Å²) in [5, 5.41) is 12.7. The maximum atomic E-state index is 13.5. The van der Waals surface area contributed by atoms with E-state index in [1.165, 1.54) is 6.07 Å². The lowest BCUT2D eigenvalue weighted by molar-refractivity contribution is -0.130. The monoisotopic (exact) mass is 287 g/mol. The Bertz CT molecular complexity index is 601. The predicted octanol–water partition coefficient (Wildman–Crippen LogP) is 2.61. The molecule has 2 rings (SSSR count). The van der Waals surface area contributed by atoms with Crippen LogP contribution in [0, 0.1) is 5.82 Å². The summed E-state index contributed by atoms with van der Waals surface area (Å²) in [7, 11) is 0. The topological polar surface area (TPSA) is 49.3 Å². The van der Waals surface area contributed by atoms with E-state index >= 15 is 0 Å². The molecule has 0 saturated heterocycles. The molecule has 0 aliphatic rings. The van der Waals surface area contributed by atoms with Gasteiger partial charge in [-0.05, 0) is 30.5 Å². The Morgan fingerprint density at radius 2 is 1.76 bits per heavy atom. The van der Waals surface area contributed by atoms with Gasteiger partial charge in [-0.1, -0.05) is 48.5 Å². The Kier molecular flexibility index (Phi) is 5.06. The minimum absolute atomic E-state index is 0.271. The summed E-state index contributed by atoms with van der Waals surface area (Å²) in [6, 6.07) is 14.9. The average Bonchev–Trinajstić information content (AvgIpc) is 2.49. The number of amides is 1. The lowest BCUT2D eigenvalue weighted by atomic mass is 10.1. The fourth-order valence-electron chi connectivity index (χ4n) is 2.15. The molecular formula is C17H18FNO2. The Morgan fingerprint density at radius 1 is 1.14 bits per heavy atom. The molecule has 2 unspecified atom stereocenters. The van der Waals surface area contributed by atoms with Gasteiger partial charge in [0.15, 0.2) is 6.10 Å². The van der Waals surface area contributed by atoms with Gasteiger partial charge in [-0.15, -0.1) is 0 Å². The van der Waals surface area contributed by atoms with Crippen LogP contribution in [-0.2, 0) is 11.2 Å². The highest BCUT2D eigenvalue weighted by molar-refractivity contribution is 5.82. The van der Waals surface area contributed by atoms with Gasteiger partial charge in [0.05, 0.1) is 0 Å². The van der Waals surface area contributed by atoms with Crippen molar-refractivity contribution in [1.29, 1.82) is 0 Å². The van der Waals surface area contributed by atoms with Crippen LogP contribution < -0.4 is 5.32 Å². The highest BCUT2D eigenvalue weighted by Crippen LogP contribution is 2.13. The molecule has 0 spiro atoms. The summed E-state index contributed by atoms with van der Waals surface area (Å²) in [6.07, 6.45) is -0.839. The normalized spacial score (nSPS) is 13.5. The zero-order chi connectivity index (χ0) is 15.2. The van der Waals surface area contributed by atoms with Crippen LogP contribution in [0.1, 0.15) is 24.2 Å². The molecule has 2 aromatic rings. The fraction of sp³-hybridized carbons (Fsp3) is 0.235. The highest BCUT2D eigenvalue weighted by atomic mass is 19.1. The van der Waals surface area contributed by atoms with Crippen molar-refractivity contribution in [3.63, 3.8) is 0 Å². The number of nitrogens with one attached hydrogen (secondary N) is 1. The summed E-state index contributed by atoms with van der Waals surface area (Å²) < 4.78 is 13.5. The molecule has 2 atom stereocenters. The van der Waals surface area contributed by atoms with Crippen LogP contribution in [0.3, 0.4) is 0 Å². The van der Waals surface area contributed by atoms with Crippen LogP contribution in [0.2, 0.25) is 0 Å². The first kappa shape index (κ1) is 15.2. The van der Waals surface area contributed by atoms with Gasteiger partial charge < -0.3 is 10.4 Å². The van der Waals surface area contributed by atoms with Crippen molar-refractivity contribution in [2.24, 2.45) is 0 Å². The number of aliphatic hydroxyl groups excluding tert-OH is 1. The van der Waals surface area contributed by atoms with E-state index in [0.717, 1.165) is 0 Å². The molecule has 3 nitrogen and oxygen atoms in total. The van der Waals surface area contributed by atoms with Crippen molar-refractivity contribution >= 4 is 5.91 Å². The number of carbonyl (C=O) groups is 1. The van der Waals surface area contributed by atoms with Gasteiger partial charge in [-0.2, -0.15) is 0 Å². The van der Waals surface area contributed by atoms with Crippen molar-refractivity contribution < 1.29 is 14.3 Å². The third-order valence-electron chi connectivity index (χ3n) is 3.24. The second kappa shape index (κ2) is 6.99. The zero-order valence-electron chi connectivity index (χ0n) is 11.8. The summed E-state index contributed by atoms with van der Waals surface area (Å²) in [4.78, 5) is 12.0. The van der Waals surface area contributed by atoms with E-state index in [2.05, 4.69) is 5.32 Å². The number of hydrogen-bond acceptors (Lipinski definition) is 2. The van der Waals surface area contributed by atoms with E-state index in [-0.39, 0.29) is 11.9 Å². The molecule has 0 radical (unpaired) electrons. The van der Waals surface area contributed by atoms with Gasteiger partial charge >= 0.3 is 0 Å². The molecule has 21 heavy (non-hydrogen) atoms. The maximum absolute atomic E-state index is 13.5. The third kappa shape index (κ3) is 4.13. The van der Waals surface area contributed by atoms with Gasteiger partial charge in [0.25, 0.3) is 5.91 Å². The molecule has 2 aromatic carbocycles. The van der Waals surface area contributed by atoms with Crippen molar-refractivity contribution in [1.82, 2.24) is 5.32 Å². The van der Waals surface area contributed by atoms with Crippen LogP contribution in [0.5, 0.6) is 0 Å². The molecule has 4 heteroatoms. The SMILES string of the molecule is CC(Cc1ccccc1F)NC(=O)C(O)c1ccccc1. The van der Waals surface area contributed by atoms with E-state index in [4.69, 9.17) is 0 Å². The summed E-state index contributed by atoms with van der Waals surface area (Å²) >= 11 is 0. The van der Waals surface area contributed by atoms with Crippen molar-refractivity contribution in [3.05, 3.63) is 71.5 Å². The zero-order valence-corrected chi connectivity index (χ0v) is 11.8. The van der Waals surface area contributed by atoms with E-state index in [0.29, 0.717) is 17.5 Å². The summed E-state index contributed by atoms with van der Waals surface area (Å²) in [6.45, 7) is 1.78. The molecule has 0 saturated carbocycles. The first-order valence-corrected chi connectivity index (χ1v) is 6.84. The van der Waals surface area contributed by atoms with Crippen LogP contribution in [-0.4, -0.2) is 17.1 Å². The third-order valence-corrected chi connectivity index (χ3v) is 3.24. The Balaban J connectivity index is 1.95. The Labute approximate surface area is 123 Å². The molecule has 0 aliphatic carbocycles. The van der Waals surface area contributed by atoms with Crippen LogP contribution in [0.15, 0.2) is 54.6 Å². The minimum atomic E-state index is -1.21. The summed E-state index contributed by atoms with van der Waals surface area (Å²) in [5.74, 6) is -0.771. The van der Waals surface area contributed by atoms with Crippen molar-refractivity contribution in [2.45, 2.75) is 25.5 Å². The van der Waals surface area contributed by atoms with E-state index in [1.54, 1.807) is 49.4 Å². The molecule has 0 heterocycles. The van der Waals surface area contributed by atoms with E-state index < -0.39 is 12.0 Å². The predicted molar refractivity (Wildman–Crippen MR) is 79.1 cm³/mol. The number of aliphatic hydroxyl groups is 1. The first-order valence-electron chi connectivity index (χ1n) is 6.84. The average molecular weight is 287 g/mol. The van der Waals surface area contributed by atoms with Crippen LogP contribution in [0.25, 0.3) is 0 Å². The largest absolute Gasteiger partial charge is 0.378 e. The van der Waals surface area contributed by atoms with Gasteiger partial charge in [0, 0.05) is 6.04 Å². The quantitative estimate of drug-likeness (QED) is 0.888. The smallest absolute Gasteiger partial charge is 0.253 e. The maximum Gasteiger partial charge on any atom is 0.253 e. The Morgan fingerprint density at radius 3 is 2.43 bits per heavy atom. The van der Waals surface area contributed by atoms with Gasteiger partial charge in [-0.3, -0.25) is 4.79 Å². The molecule has 0 aliphatic heterocycles. The van der Waals surface area contributed by atoms with Gasteiger partial charge in [0.2, 0.25) is 0 Å². The Hall–Kier alpha value is -2.20. The minimum Gasteiger partial charge on any atom is -0.378 e. The van der Waals surface area contributed by atoms with Gasteiger partial charge in [-0.25, -0.2) is 4.39 Å². The van der Waals surface area contributed by atoms with Crippen molar-refractivity contribution in [3.8, 4) is 0 Å². The molecule has 0 aromatic heterocycles. The second-order valence-electron chi connectivity index (χ2n) is 5.02. The number of rotatable bonds is 5. The van der Waals surface area contributed by atoms with Crippen molar-refractivity contribution in [2.75, 3.05) is 0 Å². The summed E-state index contributed by atoms with van der Waals surface area (Å²) in [5.41, 5.74) is 1.08. The molecule has 2 N–H and O–H groups in total. The number of halogens is 1. The fourth-order valence-corrected chi connectivity index (χ4v) is 2.15. The van der Waals surface area contributed by atoms with E-state index in [9.17, 15) is 14.3 Å². The highest BCUT2D eigenvalue weighted by Gasteiger charge is 2.19. The van der Waals surface area contributed by atoms with Crippen LogP contribution >= 0.6 is 0 Å². The lowest BCUT2D eigenvalue weighted by Gasteiger charge is -2.17. The van der Waals surface area contributed by atoms with Crippen LogP contribution in [0.4, 0.5) is 4.39 Å². The second-order valence-corrected chi connectivity index (χ2v) is 5.02. The molecule has 0 bridgehead atoms. The number of hydrogen-bond donors (Lipinski definition) is 2. The number of carbonyl (C=O) groups excluding carboxylic acids is 1. The first-order chi connectivity index (χ1) is 10.1. The van der Waals surface area contributed by atoms with E-state index in [1.807, 2.05) is 6.07 Å². The molecule has 110 valence electrons. The van der Waals surface area contributed by atoms with Gasteiger partial charge in [0.1, 0.15) is 5.82 Å². The molecule has 1 amide bonds. The number of benzene rings is 2. The standard InChI is InChI=1S/C17H18FNO2/c1-12(11-14-9-5-6-10-15(14)18)19-17(21)16(20)13-7-3-2-4-8-13/h2-10,12,16,20H,11H2,1H3,(H,19,21). The lowest BCUT2D eigenvalue weighted by Crippen LogP contribution is -2.37. The molecular weight excluding hydrogens is 269 g/mol. The molecule has 0 fully saturated rings.